The Morgan fingerprint density at radius 2 is 1.74 bits per heavy atom. The Labute approximate surface area is 161 Å². The van der Waals surface area contributed by atoms with Crippen molar-refractivity contribution in [1.82, 2.24) is 5.32 Å². The second-order valence-corrected chi connectivity index (χ2v) is 8.99. The van der Waals surface area contributed by atoms with Crippen LogP contribution in [-0.2, 0) is 27.3 Å². The number of ether oxygens (including phenoxy) is 1. The molecular weight excluding hydrogens is 340 g/mol. The molecule has 5 heteroatoms. The van der Waals surface area contributed by atoms with Gasteiger partial charge in [-0.3, -0.25) is 9.59 Å². The van der Waals surface area contributed by atoms with E-state index < -0.39 is 11.7 Å². The molecule has 0 heterocycles. The highest BCUT2D eigenvalue weighted by Crippen LogP contribution is 2.58. The van der Waals surface area contributed by atoms with E-state index in [1.807, 2.05) is 24.3 Å². The first-order valence-corrected chi connectivity index (χ1v) is 10.2. The van der Waals surface area contributed by atoms with Crippen molar-refractivity contribution >= 4 is 11.7 Å². The normalized spacial score (nSPS) is 34.0. The molecule has 4 aliphatic rings. The quantitative estimate of drug-likeness (QED) is 0.689. The maximum Gasteiger partial charge on any atom is 0.285 e. The summed E-state index contributed by atoms with van der Waals surface area (Å²) < 4.78 is 6.28. The van der Waals surface area contributed by atoms with Crippen molar-refractivity contribution in [2.75, 3.05) is 6.61 Å². The smallest absolute Gasteiger partial charge is 0.285 e. The first-order chi connectivity index (χ1) is 12.9. The Kier molecular flexibility index (Phi) is 4.85. The molecule has 1 amide bonds. The molecule has 2 atom stereocenters. The predicted molar refractivity (Wildman–Crippen MR) is 103 cm³/mol. The largest absolute Gasteiger partial charge is 0.375 e. The van der Waals surface area contributed by atoms with Crippen LogP contribution in [0.5, 0.6) is 0 Å². The molecule has 0 aromatic heterocycles. The Morgan fingerprint density at radius 3 is 2.33 bits per heavy atom. The molecule has 146 valence electrons. The van der Waals surface area contributed by atoms with Crippen LogP contribution in [0.15, 0.2) is 24.3 Å². The summed E-state index contributed by atoms with van der Waals surface area (Å²) >= 11 is 0. The Bertz CT molecular complexity index is 714. The number of carbonyl (C=O) groups is 2. The SMILES string of the molecule is CCOC12CC3CC(CC(NCc4ccc(CC(=O)C(N)=O)cc4)(C3)C1)C2. The van der Waals surface area contributed by atoms with E-state index in [4.69, 9.17) is 10.5 Å². The van der Waals surface area contributed by atoms with Crippen molar-refractivity contribution in [3.05, 3.63) is 35.4 Å². The molecular formula is C22H30N2O3. The molecule has 2 unspecified atom stereocenters. The molecule has 0 saturated heterocycles. The van der Waals surface area contributed by atoms with E-state index in [1.54, 1.807) is 0 Å². The summed E-state index contributed by atoms with van der Waals surface area (Å²) in [4.78, 5) is 22.4. The molecule has 0 aliphatic heterocycles. The number of amides is 1. The van der Waals surface area contributed by atoms with Gasteiger partial charge in [0.15, 0.2) is 0 Å². The molecule has 1 aromatic rings. The van der Waals surface area contributed by atoms with Gasteiger partial charge in [0.1, 0.15) is 0 Å². The lowest BCUT2D eigenvalue weighted by molar-refractivity contribution is -0.173. The molecule has 3 N–H and O–H groups in total. The molecule has 4 bridgehead atoms. The van der Waals surface area contributed by atoms with Crippen LogP contribution in [0.25, 0.3) is 0 Å². The highest BCUT2D eigenvalue weighted by atomic mass is 16.5. The average Bonchev–Trinajstić information content (AvgIpc) is 2.60. The van der Waals surface area contributed by atoms with Gasteiger partial charge in [0.25, 0.3) is 5.91 Å². The number of nitrogens with one attached hydrogen (secondary N) is 1. The van der Waals surface area contributed by atoms with Gasteiger partial charge >= 0.3 is 0 Å². The van der Waals surface area contributed by atoms with Crippen LogP contribution in [0.1, 0.15) is 56.6 Å². The summed E-state index contributed by atoms with van der Waals surface area (Å²) in [5, 5.41) is 3.88. The summed E-state index contributed by atoms with van der Waals surface area (Å²) in [5.41, 5.74) is 7.37. The van der Waals surface area contributed by atoms with Gasteiger partial charge in [0.05, 0.1) is 5.60 Å². The van der Waals surface area contributed by atoms with Crippen molar-refractivity contribution in [2.45, 2.75) is 69.6 Å². The molecule has 27 heavy (non-hydrogen) atoms. The molecule has 0 spiro atoms. The van der Waals surface area contributed by atoms with E-state index in [0.717, 1.165) is 37.0 Å². The van der Waals surface area contributed by atoms with E-state index in [1.165, 1.54) is 37.7 Å². The lowest BCUT2D eigenvalue weighted by Crippen LogP contribution is -2.65. The number of hydrogen-bond donors (Lipinski definition) is 2. The summed E-state index contributed by atoms with van der Waals surface area (Å²) in [7, 11) is 0. The standard InChI is InChI=1S/C22H30N2O3/c1-2-27-22-11-17-7-18(12-22)10-21(9-17,14-22)24-13-16-5-3-15(4-6-16)8-19(25)20(23)26/h3-6,17-18,24H,2,7-14H2,1H3,(H2,23,26). The van der Waals surface area contributed by atoms with E-state index >= 15 is 0 Å². The van der Waals surface area contributed by atoms with Gasteiger partial charge in [-0.1, -0.05) is 24.3 Å². The van der Waals surface area contributed by atoms with Crippen LogP contribution >= 0.6 is 0 Å². The third kappa shape index (κ3) is 3.81. The molecule has 5 rings (SSSR count). The zero-order valence-electron chi connectivity index (χ0n) is 16.1. The molecule has 4 fully saturated rings. The lowest BCUT2D eigenvalue weighted by atomic mass is 9.51. The van der Waals surface area contributed by atoms with Crippen molar-refractivity contribution < 1.29 is 14.3 Å². The Hall–Kier alpha value is -1.72. The van der Waals surface area contributed by atoms with Gasteiger partial charge in [-0.05, 0) is 68.4 Å². The van der Waals surface area contributed by atoms with Gasteiger partial charge in [0, 0.05) is 25.1 Å². The molecule has 4 aliphatic carbocycles. The fraction of sp³-hybridized carbons (Fsp3) is 0.636. The zero-order chi connectivity index (χ0) is 19.1. The van der Waals surface area contributed by atoms with Crippen molar-refractivity contribution in [3.63, 3.8) is 0 Å². The maximum absolute atomic E-state index is 11.5. The van der Waals surface area contributed by atoms with Gasteiger partial charge in [-0.2, -0.15) is 0 Å². The Balaban J connectivity index is 1.40. The molecule has 1 aromatic carbocycles. The highest BCUT2D eigenvalue weighted by Gasteiger charge is 2.58. The minimum absolute atomic E-state index is 0.0766. The third-order valence-corrected chi connectivity index (χ3v) is 6.79. The first-order valence-electron chi connectivity index (χ1n) is 10.2. The summed E-state index contributed by atoms with van der Waals surface area (Å²) in [5.74, 6) is 0.182. The second kappa shape index (κ2) is 7.02. The van der Waals surface area contributed by atoms with Gasteiger partial charge in [-0.15, -0.1) is 0 Å². The summed E-state index contributed by atoms with van der Waals surface area (Å²) in [6, 6.07) is 7.91. The molecule has 5 nitrogen and oxygen atoms in total. The highest BCUT2D eigenvalue weighted by molar-refractivity contribution is 6.35. The summed E-state index contributed by atoms with van der Waals surface area (Å²) in [6.45, 7) is 3.75. The van der Waals surface area contributed by atoms with Crippen LogP contribution in [-0.4, -0.2) is 29.4 Å². The van der Waals surface area contributed by atoms with Gasteiger partial charge in [0.2, 0.25) is 5.78 Å². The minimum atomic E-state index is -0.870. The van der Waals surface area contributed by atoms with Gasteiger partial charge < -0.3 is 15.8 Å². The number of rotatable bonds is 8. The number of ketones is 1. The maximum atomic E-state index is 11.5. The number of hydrogen-bond acceptors (Lipinski definition) is 4. The van der Waals surface area contributed by atoms with Crippen LogP contribution in [0.4, 0.5) is 0 Å². The second-order valence-electron chi connectivity index (χ2n) is 8.99. The average molecular weight is 370 g/mol. The van der Waals surface area contributed by atoms with Crippen molar-refractivity contribution in [2.24, 2.45) is 17.6 Å². The van der Waals surface area contributed by atoms with Gasteiger partial charge in [-0.25, -0.2) is 0 Å². The number of primary amides is 1. The molecule has 4 saturated carbocycles. The number of benzene rings is 1. The topological polar surface area (TPSA) is 81.4 Å². The van der Waals surface area contributed by atoms with Crippen molar-refractivity contribution in [1.29, 1.82) is 0 Å². The van der Waals surface area contributed by atoms with E-state index in [9.17, 15) is 9.59 Å². The predicted octanol–water partition coefficient (Wildman–Crippen LogP) is 2.50. The molecule has 0 radical (unpaired) electrons. The fourth-order valence-electron chi connectivity index (χ4n) is 6.20. The van der Waals surface area contributed by atoms with Crippen LogP contribution in [0, 0.1) is 11.8 Å². The van der Waals surface area contributed by atoms with Crippen molar-refractivity contribution in [3.8, 4) is 0 Å². The zero-order valence-corrected chi connectivity index (χ0v) is 16.1. The van der Waals surface area contributed by atoms with E-state index in [0.29, 0.717) is 0 Å². The van der Waals surface area contributed by atoms with E-state index in [2.05, 4.69) is 12.2 Å². The fourth-order valence-corrected chi connectivity index (χ4v) is 6.20. The van der Waals surface area contributed by atoms with E-state index in [-0.39, 0.29) is 17.6 Å². The van der Waals surface area contributed by atoms with Crippen LogP contribution in [0.3, 0.4) is 0 Å². The first kappa shape index (κ1) is 18.6. The monoisotopic (exact) mass is 370 g/mol. The Morgan fingerprint density at radius 1 is 1.11 bits per heavy atom. The third-order valence-electron chi connectivity index (χ3n) is 6.79. The van der Waals surface area contributed by atoms with Crippen LogP contribution < -0.4 is 11.1 Å². The summed E-state index contributed by atoms with van der Waals surface area (Å²) in [6.07, 6.45) is 7.60. The van der Waals surface area contributed by atoms with Crippen LogP contribution in [0.2, 0.25) is 0 Å². The minimum Gasteiger partial charge on any atom is -0.375 e. The number of carbonyl (C=O) groups excluding carboxylic acids is 2. The number of nitrogens with two attached hydrogens (primary N) is 1. The number of Topliss-reactive ketones (excluding diaryl/α,β-unsaturated/α-hetero) is 1. The lowest BCUT2D eigenvalue weighted by Gasteiger charge is -2.62.